The largest absolute Gasteiger partial charge is 0.315 e. The molecule has 1 aliphatic rings. The first kappa shape index (κ1) is 12.6. The van der Waals surface area contributed by atoms with E-state index in [-0.39, 0.29) is 17.7 Å². The molecule has 1 fully saturated rings. The molecule has 5 heteroatoms. The highest BCUT2D eigenvalue weighted by atomic mass is 35.5. The van der Waals surface area contributed by atoms with Gasteiger partial charge in [-0.05, 0) is 31.5 Å². The van der Waals surface area contributed by atoms with Gasteiger partial charge in [0, 0.05) is 12.7 Å². The molecular formula is C10H15ClN2OS. The number of nitrogens with zero attached hydrogens (tertiary/aromatic N) is 1. The van der Waals surface area contributed by atoms with E-state index >= 15 is 0 Å². The van der Waals surface area contributed by atoms with Gasteiger partial charge in [-0.25, -0.2) is 4.98 Å². The molecule has 2 unspecified atom stereocenters. The van der Waals surface area contributed by atoms with Gasteiger partial charge >= 0.3 is 0 Å². The number of aromatic nitrogens is 1. The van der Waals surface area contributed by atoms with Crippen LogP contribution in [0.3, 0.4) is 0 Å². The fourth-order valence-corrected chi connectivity index (χ4v) is 2.86. The van der Waals surface area contributed by atoms with Gasteiger partial charge in [0.25, 0.3) is 0 Å². The van der Waals surface area contributed by atoms with Crippen molar-refractivity contribution in [2.45, 2.75) is 23.6 Å². The molecule has 15 heavy (non-hydrogen) atoms. The second-order valence-corrected chi connectivity index (χ2v) is 5.27. The van der Waals surface area contributed by atoms with Crippen molar-refractivity contribution in [3.63, 3.8) is 0 Å². The lowest BCUT2D eigenvalue weighted by molar-refractivity contribution is 0.669. The average molecular weight is 247 g/mol. The second kappa shape index (κ2) is 5.58. The summed E-state index contributed by atoms with van der Waals surface area (Å²) in [5, 5.41) is 4.17. The van der Waals surface area contributed by atoms with Crippen molar-refractivity contribution in [3.05, 3.63) is 23.9 Å². The van der Waals surface area contributed by atoms with Crippen LogP contribution in [0, 0.1) is 6.92 Å². The predicted molar refractivity (Wildman–Crippen MR) is 63.9 cm³/mol. The van der Waals surface area contributed by atoms with Crippen LogP contribution in [0.2, 0.25) is 0 Å². The molecule has 0 saturated carbocycles. The summed E-state index contributed by atoms with van der Waals surface area (Å²) >= 11 is 0. The van der Waals surface area contributed by atoms with Gasteiger partial charge in [-0.1, -0.05) is 6.07 Å². The number of aryl methyl sites for hydroxylation is 1. The van der Waals surface area contributed by atoms with Gasteiger partial charge in [0.1, 0.15) is 5.03 Å². The quantitative estimate of drug-likeness (QED) is 0.855. The molecule has 1 aromatic rings. The molecule has 84 valence electrons. The van der Waals surface area contributed by atoms with Crippen LogP contribution in [-0.2, 0) is 10.8 Å². The van der Waals surface area contributed by atoms with Crippen LogP contribution in [0.1, 0.15) is 12.0 Å². The number of hydrogen-bond donors (Lipinski definition) is 1. The minimum Gasteiger partial charge on any atom is -0.315 e. The number of pyridine rings is 1. The van der Waals surface area contributed by atoms with Gasteiger partial charge in [0.05, 0.1) is 16.0 Å². The zero-order valence-corrected chi connectivity index (χ0v) is 10.2. The van der Waals surface area contributed by atoms with E-state index in [1.807, 2.05) is 19.1 Å². The van der Waals surface area contributed by atoms with E-state index in [0.717, 1.165) is 25.1 Å². The van der Waals surface area contributed by atoms with Crippen LogP contribution < -0.4 is 5.32 Å². The monoisotopic (exact) mass is 246 g/mol. The molecule has 0 bridgehead atoms. The number of halogens is 1. The molecule has 3 nitrogen and oxygen atoms in total. The first-order valence-electron chi connectivity index (χ1n) is 4.81. The molecular weight excluding hydrogens is 232 g/mol. The van der Waals surface area contributed by atoms with Crippen molar-refractivity contribution < 1.29 is 4.21 Å². The molecule has 0 amide bonds. The smallest absolute Gasteiger partial charge is 0.127 e. The Labute approximate surface area is 98.5 Å². The summed E-state index contributed by atoms with van der Waals surface area (Å²) < 4.78 is 12.0. The predicted octanol–water partition coefficient (Wildman–Crippen LogP) is 1.28. The summed E-state index contributed by atoms with van der Waals surface area (Å²) in [7, 11) is -0.941. The summed E-state index contributed by atoms with van der Waals surface area (Å²) in [5.74, 6) is 0. The molecule has 1 aromatic heterocycles. The fraction of sp³-hybridized carbons (Fsp3) is 0.500. The van der Waals surface area contributed by atoms with Gasteiger partial charge in [0.15, 0.2) is 0 Å². The summed E-state index contributed by atoms with van der Waals surface area (Å²) in [5.41, 5.74) is 1.11. The van der Waals surface area contributed by atoms with Gasteiger partial charge in [-0.3, -0.25) is 4.21 Å². The molecule has 1 N–H and O–H groups in total. The fourth-order valence-electron chi connectivity index (χ4n) is 1.55. The van der Waals surface area contributed by atoms with Crippen LogP contribution in [0.4, 0.5) is 0 Å². The summed E-state index contributed by atoms with van der Waals surface area (Å²) in [6.45, 7) is 3.81. The third kappa shape index (κ3) is 3.00. The lowest BCUT2D eigenvalue weighted by Gasteiger charge is -2.07. The SMILES string of the molecule is Cc1ccc(S(=O)C2CCNC2)nc1.Cl. The Morgan fingerprint density at radius 1 is 1.53 bits per heavy atom. The Bertz CT molecular complexity index is 336. The number of hydrogen-bond acceptors (Lipinski definition) is 3. The Kier molecular flexibility index (Phi) is 4.70. The highest BCUT2D eigenvalue weighted by molar-refractivity contribution is 7.85. The summed E-state index contributed by atoms with van der Waals surface area (Å²) in [4.78, 5) is 4.19. The lowest BCUT2D eigenvalue weighted by atomic mass is 10.3. The van der Waals surface area contributed by atoms with Crippen molar-refractivity contribution in [1.82, 2.24) is 10.3 Å². The number of rotatable bonds is 2. The first-order valence-corrected chi connectivity index (χ1v) is 6.02. The molecule has 2 atom stereocenters. The van der Waals surface area contributed by atoms with E-state index in [4.69, 9.17) is 0 Å². The van der Waals surface area contributed by atoms with Crippen LogP contribution in [0.5, 0.6) is 0 Å². The topological polar surface area (TPSA) is 42.0 Å². The van der Waals surface area contributed by atoms with E-state index in [1.54, 1.807) is 6.20 Å². The van der Waals surface area contributed by atoms with Gasteiger partial charge < -0.3 is 5.32 Å². The molecule has 1 saturated heterocycles. The number of nitrogens with one attached hydrogen (secondary N) is 1. The van der Waals surface area contributed by atoms with Gasteiger partial charge in [-0.15, -0.1) is 12.4 Å². The van der Waals surface area contributed by atoms with Crippen molar-refractivity contribution in [3.8, 4) is 0 Å². The maximum Gasteiger partial charge on any atom is 0.127 e. The van der Waals surface area contributed by atoms with Crippen molar-refractivity contribution in [1.29, 1.82) is 0 Å². The van der Waals surface area contributed by atoms with E-state index in [1.165, 1.54) is 0 Å². The van der Waals surface area contributed by atoms with Crippen LogP contribution in [-0.4, -0.2) is 27.5 Å². The minimum absolute atomic E-state index is 0. The third-order valence-corrected chi connectivity index (χ3v) is 4.07. The van der Waals surface area contributed by atoms with Gasteiger partial charge in [-0.2, -0.15) is 0 Å². The van der Waals surface area contributed by atoms with Crippen LogP contribution in [0.25, 0.3) is 0 Å². The zero-order chi connectivity index (χ0) is 9.97. The maximum absolute atomic E-state index is 12.0. The minimum atomic E-state index is -0.941. The highest BCUT2D eigenvalue weighted by Crippen LogP contribution is 2.14. The normalized spacial score (nSPS) is 22.1. The second-order valence-electron chi connectivity index (χ2n) is 3.59. The van der Waals surface area contributed by atoms with E-state index in [2.05, 4.69) is 10.3 Å². The maximum atomic E-state index is 12.0. The molecule has 1 aliphatic heterocycles. The van der Waals surface area contributed by atoms with E-state index in [9.17, 15) is 4.21 Å². The zero-order valence-electron chi connectivity index (χ0n) is 8.60. The van der Waals surface area contributed by atoms with Crippen molar-refractivity contribution in [2.75, 3.05) is 13.1 Å². The third-order valence-electron chi connectivity index (χ3n) is 2.41. The Morgan fingerprint density at radius 3 is 2.87 bits per heavy atom. The molecule has 0 aromatic carbocycles. The molecule has 0 aliphatic carbocycles. The van der Waals surface area contributed by atoms with Crippen molar-refractivity contribution >= 4 is 23.2 Å². The Hall–Kier alpha value is -0.450. The Morgan fingerprint density at radius 2 is 2.33 bits per heavy atom. The van der Waals surface area contributed by atoms with E-state index < -0.39 is 10.8 Å². The average Bonchev–Trinajstić information content (AvgIpc) is 2.71. The van der Waals surface area contributed by atoms with Crippen molar-refractivity contribution in [2.24, 2.45) is 0 Å². The molecule has 2 rings (SSSR count). The molecule has 0 radical (unpaired) electrons. The Balaban J connectivity index is 0.00000112. The van der Waals surface area contributed by atoms with Crippen LogP contribution in [0.15, 0.2) is 23.4 Å². The summed E-state index contributed by atoms with van der Waals surface area (Å²) in [6.07, 6.45) is 2.76. The molecule has 2 heterocycles. The van der Waals surface area contributed by atoms with E-state index in [0.29, 0.717) is 5.03 Å². The van der Waals surface area contributed by atoms with Crippen LogP contribution >= 0.6 is 12.4 Å². The highest BCUT2D eigenvalue weighted by Gasteiger charge is 2.22. The lowest BCUT2D eigenvalue weighted by Crippen LogP contribution is -2.19. The first-order chi connectivity index (χ1) is 6.77. The molecule has 0 spiro atoms. The van der Waals surface area contributed by atoms with Gasteiger partial charge in [0.2, 0.25) is 0 Å². The summed E-state index contributed by atoms with van der Waals surface area (Å²) in [6, 6.07) is 3.83. The standard InChI is InChI=1S/C10H14N2OS.ClH/c1-8-2-3-10(12-6-8)14(13)9-4-5-11-7-9;/h2-3,6,9,11H,4-5,7H2,1H3;1H.